The normalized spacial score (nSPS) is 15.4. The Balaban J connectivity index is 1.87. The number of amides is 2. The topological polar surface area (TPSA) is 107 Å². The van der Waals surface area contributed by atoms with Crippen molar-refractivity contribution in [2.45, 2.75) is 51.2 Å². The number of aromatic amines is 1. The molecule has 0 saturated carbocycles. The third kappa shape index (κ3) is 6.51. The molecule has 39 heavy (non-hydrogen) atoms. The third-order valence-corrected chi connectivity index (χ3v) is 7.00. The van der Waals surface area contributed by atoms with Crippen molar-refractivity contribution < 1.29 is 14.3 Å². The fourth-order valence-corrected chi connectivity index (χ4v) is 5.07. The van der Waals surface area contributed by atoms with Crippen LogP contribution in [0, 0.1) is 0 Å². The van der Waals surface area contributed by atoms with Gasteiger partial charge in [0.25, 0.3) is 5.91 Å². The van der Waals surface area contributed by atoms with Crippen LogP contribution in [-0.4, -0.2) is 83.3 Å². The van der Waals surface area contributed by atoms with Gasteiger partial charge in [0.1, 0.15) is 23.1 Å². The van der Waals surface area contributed by atoms with Crippen LogP contribution in [0.5, 0.6) is 0 Å². The Morgan fingerprint density at radius 3 is 2.38 bits per heavy atom. The number of carbonyl (C=O) groups is 2. The number of hydrogen-bond acceptors (Lipinski definition) is 7. The minimum atomic E-state index is -1.25. The minimum absolute atomic E-state index is 0.182. The lowest BCUT2D eigenvalue weighted by atomic mass is 9.84. The Kier molecular flexibility index (Phi) is 8.78. The highest BCUT2D eigenvalue weighted by Crippen LogP contribution is 2.38. The summed E-state index contributed by atoms with van der Waals surface area (Å²) in [7, 11) is 4.01. The first-order valence-electron chi connectivity index (χ1n) is 13.3. The van der Waals surface area contributed by atoms with E-state index in [0.717, 1.165) is 18.7 Å². The molecule has 0 spiro atoms. The van der Waals surface area contributed by atoms with Crippen molar-refractivity contribution >= 4 is 46.1 Å². The van der Waals surface area contributed by atoms with E-state index < -0.39 is 17.2 Å². The fourth-order valence-electron chi connectivity index (χ4n) is 4.95. The first kappa shape index (κ1) is 28.8. The summed E-state index contributed by atoms with van der Waals surface area (Å²) < 4.78 is 5.92. The SMILES string of the molecule is CN(C)CCCN(C(=O)C1(N(C(=O)OC(C)(C)C)c2ncnc3[nH]ccc23)CCNCC1)c1ccc(Cl)cc1. The molecule has 3 aromatic rings. The van der Waals surface area contributed by atoms with Gasteiger partial charge in [-0.25, -0.2) is 19.7 Å². The highest BCUT2D eigenvalue weighted by Gasteiger charge is 2.52. The number of aromatic nitrogens is 3. The molecule has 3 heterocycles. The van der Waals surface area contributed by atoms with E-state index in [4.69, 9.17) is 16.3 Å². The van der Waals surface area contributed by atoms with Crippen LogP contribution in [0.15, 0.2) is 42.9 Å². The highest BCUT2D eigenvalue weighted by atomic mass is 35.5. The minimum Gasteiger partial charge on any atom is -0.443 e. The molecule has 1 fully saturated rings. The Morgan fingerprint density at radius 1 is 1.05 bits per heavy atom. The number of ether oxygens (including phenoxy) is 1. The summed E-state index contributed by atoms with van der Waals surface area (Å²) >= 11 is 6.19. The van der Waals surface area contributed by atoms with E-state index in [0.29, 0.717) is 54.3 Å². The van der Waals surface area contributed by atoms with Crippen molar-refractivity contribution in [3.63, 3.8) is 0 Å². The molecule has 2 aromatic heterocycles. The molecule has 11 heteroatoms. The number of halogens is 1. The van der Waals surface area contributed by atoms with Gasteiger partial charge in [-0.15, -0.1) is 0 Å². The molecule has 1 aliphatic rings. The highest BCUT2D eigenvalue weighted by molar-refractivity contribution is 6.30. The van der Waals surface area contributed by atoms with E-state index in [-0.39, 0.29) is 5.91 Å². The lowest BCUT2D eigenvalue weighted by molar-refractivity contribution is -0.125. The zero-order chi connectivity index (χ0) is 28.2. The van der Waals surface area contributed by atoms with E-state index in [9.17, 15) is 9.59 Å². The molecule has 10 nitrogen and oxygen atoms in total. The Morgan fingerprint density at radius 2 is 1.74 bits per heavy atom. The molecule has 4 rings (SSSR count). The van der Waals surface area contributed by atoms with Crippen LogP contribution in [0.25, 0.3) is 11.0 Å². The average Bonchev–Trinajstić information content (AvgIpc) is 3.36. The molecule has 2 amide bonds. The summed E-state index contributed by atoms with van der Waals surface area (Å²) in [5.41, 5.74) is -0.729. The molecule has 1 aliphatic heterocycles. The largest absolute Gasteiger partial charge is 0.443 e. The molecule has 0 atom stereocenters. The van der Waals surface area contributed by atoms with Crippen molar-refractivity contribution in [1.29, 1.82) is 0 Å². The Labute approximate surface area is 234 Å². The van der Waals surface area contributed by atoms with Crippen LogP contribution in [0.4, 0.5) is 16.3 Å². The van der Waals surface area contributed by atoms with E-state index in [2.05, 4.69) is 25.2 Å². The van der Waals surface area contributed by atoms with E-state index in [1.165, 1.54) is 11.2 Å². The number of benzene rings is 1. The van der Waals surface area contributed by atoms with Crippen LogP contribution in [0.1, 0.15) is 40.0 Å². The van der Waals surface area contributed by atoms with Gasteiger partial charge in [0.05, 0.1) is 5.39 Å². The van der Waals surface area contributed by atoms with Crippen LogP contribution in [0.2, 0.25) is 5.02 Å². The van der Waals surface area contributed by atoms with Crippen molar-refractivity contribution in [3.8, 4) is 0 Å². The van der Waals surface area contributed by atoms with Gasteiger partial charge in [-0.05, 0) is 104 Å². The summed E-state index contributed by atoms with van der Waals surface area (Å²) in [4.78, 5) is 46.2. The van der Waals surface area contributed by atoms with Crippen LogP contribution in [-0.2, 0) is 9.53 Å². The van der Waals surface area contributed by atoms with Crippen LogP contribution in [0.3, 0.4) is 0 Å². The summed E-state index contributed by atoms with van der Waals surface area (Å²) in [6, 6.07) is 9.06. The summed E-state index contributed by atoms with van der Waals surface area (Å²) in [5.74, 6) is 0.160. The van der Waals surface area contributed by atoms with Gasteiger partial charge in [0.15, 0.2) is 5.82 Å². The van der Waals surface area contributed by atoms with Crippen molar-refractivity contribution in [2.75, 3.05) is 50.1 Å². The van der Waals surface area contributed by atoms with Gasteiger partial charge in [-0.1, -0.05) is 11.6 Å². The van der Waals surface area contributed by atoms with Crippen molar-refractivity contribution in [1.82, 2.24) is 25.2 Å². The number of rotatable bonds is 8. The number of anilines is 2. The monoisotopic (exact) mass is 555 g/mol. The van der Waals surface area contributed by atoms with Gasteiger partial charge in [-0.2, -0.15) is 0 Å². The molecular weight excluding hydrogens is 518 g/mol. The number of hydrogen-bond donors (Lipinski definition) is 2. The Hall–Kier alpha value is -3.21. The zero-order valence-corrected chi connectivity index (χ0v) is 24.1. The second-order valence-corrected chi connectivity index (χ2v) is 11.6. The van der Waals surface area contributed by atoms with Gasteiger partial charge < -0.3 is 24.8 Å². The Bertz CT molecular complexity index is 1280. The zero-order valence-electron chi connectivity index (χ0n) is 23.3. The molecule has 2 N–H and O–H groups in total. The predicted octanol–water partition coefficient (Wildman–Crippen LogP) is 4.46. The second-order valence-electron chi connectivity index (χ2n) is 11.1. The quantitative estimate of drug-likeness (QED) is 0.422. The second kappa shape index (κ2) is 11.9. The van der Waals surface area contributed by atoms with Gasteiger partial charge in [-0.3, -0.25) is 4.79 Å². The summed E-state index contributed by atoms with van der Waals surface area (Å²) in [6.07, 6.45) is 4.05. The fraction of sp³-hybridized carbons (Fsp3) is 0.500. The number of H-pyrrole nitrogens is 1. The summed E-state index contributed by atoms with van der Waals surface area (Å²) in [6.45, 7) is 7.82. The standard InChI is InChI=1S/C28H38ClN7O3/c1-27(2,3)39-26(38)36(24-22-11-14-31-23(22)32-19-33-24)28(12-15-30-16-13-28)25(37)35(18-6-17-34(4)5)21-9-7-20(29)8-10-21/h7-11,14,19,30H,6,12-13,15-18H2,1-5H3,(H,31,32,33). The van der Waals surface area contributed by atoms with Gasteiger partial charge >= 0.3 is 6.09 Å². The van der Waals surface area contributed by atoms with Gasteiger partial charge in [0.2, 0.25) is 0 Å². The van der Waals surface area contributed by atoms with Gasteiger partial charge in [0, 0.05) is 23.5 Å². The number of nitrogens with one attached hydrogen (secondary N) is 2. The first-order valence-corrected chi connectivity index (χ1v) is 13.6. The molecule has 0 aliphatic carbocycles. The average molecular weight is 556 g/mol. The maximum Gasteiger partial charge on any atom is 0.417 e. The third-order valence-electron chi connectivity index (χ3n) is 6.75. The number of nitrogens with zero attached hydrogens (tertiary/aromatic N) is 5. The molecule has 210 valence electrons. The molecular formula is C28H38ClN7O3. The van der Waals surface area contributed by atoms with E-state index in [1.807, 2.05) is 53.1 Å². The lowest BCUT2D eigenvalue weighted by Crippen LogP contribution is -2.66. The smallest absolute Gasteiger partial charge is 0.417 e. The molecule has 0 bridgehead atoms. The predicted molar refractivity (Wildman–Crippen MR) is 154 cm³/mol. The molecule has 1 saturated heterocycles. The maximum atomic E-state index is 14.9. The summed E-state index contributed by atoms with van der Waals surface area (Å²) in [5, 5.41) is 4.58. The number of carbonyl (C=O) groups excluding carboxylic acids is 2. The van der Waals surface area contributed by atoms with E-state index in [1.54, 1.807) is 23.2 Å². The molecule has 0 radical (unpaired) electrons. The van der Waals surface area contributed by atoms with Crippen LogP contribution >= 0.6 is 11.6 Å². The van der Waals surface area contributed by atoms with Crippen molar-refractivity contribution in [3.05, 3.63) is 47.9 Å². The van der Waals surface area contributed by atoms with Crippen molar-refractivity contribution in [2.24, 2.45) is 0 Å². The number of piperidine rings is 1. The lowest BCUT2D eigenvalue weighted by Gasteiger charge is -2.46. The maximum absolute atomic E-state index is 14.9. The van der Waals surface area contributed by atoms with Crippen LogP contribution < -0.4 is 15.1 Å². The number of fused-ring (bicyclic) bond motifs is 1. The first-order chi connectivity index (χ1) is 18.5. The molecule has 1 aromatic carbocycles. The van der Waals surface area contributed by atoms with E-state index >= 15 is 0 Å². The molecule has 0 unspecified atom stereocenters.